The number of carbonyl (C=O) groups is 1. The van der Waals surface area contributed by atoms with Gasteiger partial charge in [0, 0.05) is 31.0 Å². The number of anilines is 1. The van der Waals surface area contributed by atoms with Crippen LogP contribution in [0.25, 0.3) is 0 Å². The fraction of sp³-hybridized carbons (Fsp3) is 0.364. The van der Waals surface area contributed by atoms with E-state index < -0.39 is 0 Å². The van der Waals surface area contributed by atoms with Crippen LogP contribution >= 0.6 is 11.3 Å². The van der Waals surface area contributed by atoms with Crippen LogP contribution in [0.4, 0.5) is 5.13 Å². The van der Waals surface area contributed by atoms with E-state index in [4.69, 9.17) is 5.73 Å². The first-order chi connectivity index (χ1) is 8.17. The number of rotatable bonds is 5. The summed E-state index contributed by atoms with van der Waals surface area (Å²) in [4.78, 5) is 15.8. The molecule has 2 heterocycles. The number of nitrogens with zero attached hydrogens (tertiary/aromatic N) is 3. The van der Waals surface area contributed by atoms with Crippen LogP contribution in [0.3, 0.4) is 0 Å². The van der Waals surface area contributed by atoms with Crippen molar-refractivity contribution in [2.45, 2.75) is 26.3 Å². The zero-order valence-corrected chi connectivity index (χ0v) is 10.4. The first-order valence-electron chi connectivity index (χ1n) is 5.40. The van der Waals surface area contributed by atoms with Crippen LogP contribution in [0.15, 0.2) is 17.8 Å². The van der Waals surface area contributed by atoms with Gasteiger partial charge in [0.25, 0.3) is 0 Å². The van der Waals surface area contributed by atoms with Crippen LogP contribution in [0, 0.1) is 0 Å². The Balaban J connectivity index is 1.93. The smallest absolute Gasteiger partial charge is 0.180 e. The second-order valence-electron chi connectivity index (χ2n) is 3.77. The summed E-state index contributed by atoms with van der Waals surface area (Å²) >= 11 is 1.36. The lowest BCUT2D eigenvalue weighted by Gasteiger charge is -1.95. The van der Waals surface area contributed by atoms with Gasteiger partial charge in [-0.2, -0.15) is 5.10 Å². The fourth-order valence-electron chi connectivity index (χ4n) is 1.57. The van der Waals surface area contributed by atoms with Gasteiger partial charge in [-0.3, -0.25) is 9.48 Å². The van der Waals surface area contributed by atoms with Crippen molar-refractivity contribution < 1.29 is 4.79 Å². The molecule has 2 rings (SSSR count). The predicted molar refractivity (Wildman–Crippen MR) is 66.8 cm³/mol. The molecule has 0 aliphatic heterocycles. The molecule has 2 aromatic rings. The van der Waals surface area contributed by atoms with E-state index in [0.29, 0.717) is 18.0 Å². The first-order valence-corrected chi connectivity index (χ1v) is 6.28. The van der Waals surface area contributed by atoms with Crippen molar-refractivity contribution in [3.63, 3.8) is 0 Å². The maximum atomic E-state index is 11.8. The van der Waals surface area contributed by atoms with Crippen LogP contribution in [0.2, 0.25) is 0 Å². The minimum atomic E-state index is 0.131. The Morgan fingerprint density at radius 3 is 2.94 bits per heavy atom. The molecule has 17 heavy (non-hydrogen) atoms. The number of nitrogen functional groups attached to an aromatic ring is 1. The highest BCUT2D eigenvalue weighted by molar-refractivity contribution is 7.13. The lowest BCUT2D eigenvalue weighted by molar-refractivity contribution is -0.117. The number of aryl methyl sites for hydroxylation is 1. The molecule has 0 atom stereocenters. The average molecular weight is 250 g/mol. The van der Waals surface area contributed by atoms with Gasteiger partial charge in [0.2, 0.25) is 0 Å². The maximum Gasteiger partial charge on any atom is 0.180 e. The third-order valence-electron chi connectivity index (χ3n) is 2.36. The van der Waals surface area contributed by atoms with Gasteiger partial charge in [0.05, 0.1) is 11.9 Å². The number of carbonyl (C=O) groups excluding carboxylic acids is 1. The highest BCUT2D eigenvalue weighted by Gasteiger charge is 2.09. The lowest BCUT2D eigenvalue weighted by atomic mass is 10.1. The molecule has 0 amide bonds. The molecule has 0 aromatic carbocycles. The van der Waals surface area contributed by atoms with Gasteiger partial charge in [0.15, 0.2) is 5.13 Å². The Hall–Kier alpha value is -1.69. The monoisotopic (exact) mass is 250 g/mol. The van der Waals surface area contributed by atoms with Gasteiger partial charge in [-0.15, -0.1) is 11.3 Å². The quantitative estimate of drug-likeness (QED) is 0.868. The molecule has 0 unspecified atom stereocenters. The Morgan fingerprint density at radius 1 is 1.53 bits per heavy atom. The van der Waals surface area contributed by atoms with Gasteiger partial charge in [-0.1, -0.05) is 0 Å². The maximum absolute atomic E-state index is 11.8. The van der Waals surface area contributed by atoms with Gasteiger partial charge in [-0.05, 0) is 12.5 Å². The number of hydrogen-bond acceptors (Lipinski definition) is 5. The summed E-state index contributed by atoms with van der Waals surface area (Å²) in [6.07, 6.45) is 4.37. The molecule has 0 spiro atoms. The summed E-state index contributed by atoms with van der Waals surface area (Å²) in [6.45, 7) is 2.83. The second kappa shape index (κ2) is 5.09. The molecule has 0 bridgehead atoms. The van der Waals surface area contributed by atoms with E-state index in [1.807, 2.05) is 23.2 Å². The molecule has 0 saturated carbocycles. The van der Waals surface area contributed by atoms with E-state index in [-0.39, 0.29) is 5.78 Å². The fourth-order valence-corrected chi connectivity index (χ4v) is 2.13. The number of thiazole rings is 1. The zero-order valence-electron chi connectivity index (χ0n) is 9.59. The Kier molecular flexibility index (Phi) is 3.53. The normalized spacial score (nSPS) is 10.6. The summed E-state index contributed by atoms with van der Waals surface area (Å²) in [5.74, 6) is 0.131. The molecule has 0 aliphatic carbocycles. The van der Waals surface area contributed by atoms with Gasteiger partial charge < -0.3 is 5.73 Å². The molecular formula is C11H14N4OS. The molecular weight excluding hydrogens is 236 g/mol. The van der Waals surface area contributed by atoms with Crippen LogP contribution < -0.4 is 5.73 Å². The standard InChI is InChI=1S/C11H14N4OS/c1-2-15-6-8(5-13-15)3-10(16)4-9-7-17-11(12)14-9/h5-7H,2-4H2,1H3,(H2,12,14). The number of ketones is 1. The molecule has 5 nitrogen and oxygen atoms in total. The summed E-state index contributed by atoms with van der Waals surface area (Å²) < 4.78 is 1.81. The van der Waals surface area contributed by atoms with E-state index in [2.05, 4.69) is 10.1 Å². The highest BCUT2D eigenvalue weighted by atomic mass is 32.1. The largest absolute Gasteiger partial charge is 0.375 e. The van der Waals surface area contributed by atoms with Crippen LogP contribution in [0.5, 0.6) is 0 Å². The molecule has 6 heteroatoms. The molecule has 90 valence electrons. The minimum absolute atomic E-state index is 0.131. The molecule has 0 radical (unpaired) electrons. The van der Waals surface area contributed by atoms with Crippen LogP contribution in [-0.2, 0) is 24.2 Å². The van der Waals surface area contributed by atoms with Crippen molar-refractivity contribution >= 4 is 22.3 Å². The second-order valence-corrected chi connectivity index (χ2v) is 4.66. The average Bonchev–Trinajstić information content (AvgIpc) is 2.88. The van der Waals surface area contributed by atoms with Crippen molar-refractivity contribution in [2.24, 2.45) is 0 Å². The topological polar surface area (TPSA) is 73.8 Å². The third kappa shape index (κ3) is 3.13. The Bertz CT molecular complexity index is 517. The van der Waals surface area contributed by atoms with Gasteiger partial charge in [0.1, 0.15) is 5.78 Å². The van der Waals surface area contributed by atoms with Crippen molar-refractivity contribution in [1.29, 1.82) is 0 Å². The number of Topliss-reactive ketones (excluding diaryl/α,β-unsaturated/α-hetero) is 1. The third-order valence-corrected chi connectivity index (χ3v) is 3.08. The summed E-state index contributed by atoms with van der Waals surface area (Å²) in [5, 5.41) is 6.46. The first kappa shape index (κ1) is 11.8. The molecule has 0 saturated heterocycles. The van der Waals surface area contributed by atoms with E-state index in [1.54, 1.807) is 6.20 Å². The van der Waals surface area contributed by atoms with Crippen LogP contribution in [-0.4, -0.2) is 20.5 Å². The van der Waals surface area contributed by atoms with E-state index in [9.17, 15) is 4.79 Å². The number of aromatic nitrogens is 3. The van der Waals surface area contributed by atoms with Gasteiger partial charge in [-0.25, -0.2) is 4.98 Å². The Morgan fingerprint density at radius 2 is 2.35 bits per heavy atom. The summed E-state index contributed by atoms with van der Waals surface area (Å²) in [6, 6.07) is 0. The molecule has 0 fully saturated rings. The molecule has 2 N–H and O–H groups in total. The van der Waals surface area contributed by atoms with E-state index in [1.165, 1.54) is 11.3 Å². The van der Waals surface area contributed by atoms with Gasteiger partial charge >= 0.3 is 0 Å². The van der Waals surface area contributed by atoms with Crippen molar-refractivity contribution in [2.75, 3.05) is 5.73 Å². The Labute approximate surface area is 103 Å². The van der Waals surface area contributed by atoms with Crippen LogP contribution in [0.1, 0.15) is 18.2 Å². The van der Waals surface area contributed by atoms with Crippen molar-refractivity contribution in [3.05, 3.63) is 29.0 Å². The number of nitrogens with two attached hydrogens (primary N) is 1. The van der Waals surface area contributed by atoms with E-state index in [0.717, 1.165) is 17.8 Å². The zero-order chi connectivity index (χ0) is 12.3. The summed E-state index contributed by atoms with van der Waals surface area (Å²) in [7, 11) is 0. The SMILES string of the molecule is CCn1cc(CC(=O)Cc2csc(N)n2)cn1. The van der Waals surface area contributed by atoms with Crippen molar-refractivity contribution in [3.8, 4) is 0 Å². The molecule has 2 aromatic heterocycles. The molecule has 0 aliphatic rings. The highest BCUT2D eigenvalue weighted by Crippen LogP contribution is 2.12. The van der Waals surface area contributed by atoms with Crippen molar-refractivity contribution in [1.82, 2.24) is 14.8 Å². The van der Waals surface area contributed by atoms with E-state index >= 15 is 0 Å². The minimum Gasteiger partial charge on any atom is -0.375 e. The predicted octanol–water partition coefficient (Wildman–Crippen LogP) is 1.30. The summed E-state index contributed by atoms with van der Waals surface area (Å²) in [5.41, 5.74) is 7.21. The lowest BCUT2D eigenvalue weighted by Crippen LogP contribution is -2.06. The number of hydrogen-bond donors (Lipinski definition) is 1.